The molecule has 0 spiro atoms. The molecule has 0 bridgehead atoms. The van der Waals surface area contributed by atoms with Gasteiger partial charge in [-0.3, -0.25) is 14.5 Å². The normalized spacial score (nSPS) is 10.7. The molecule has 2 aromatic carbocycles. The maximum atomic E-state index is 12.3. The summed E-state index contributed by atoms with van der Waals surface area (Å²) < 4.78 is 0. The monoisotopic (exact) mass is 371 g/mol. The number of aryl methyl sites for hydroxylation is 1. The lowest BCUT2D eigenvalue weighted by Crippen LogP contribution is -2.31. The first-order valence-electron chi connectivity index (χ1n) is 8.57. The van der Waals surface area contributed by atoms with Crippen molar-refractivity contribution in [3.63, 3.8) is 0 Å². The summed E-state index contributed by atoms with van der Waals surface area (Å²) in [5, 5.41) is 2.92. The summed E-state index contributed by atoms with van der Waals surface area (Å²) >= 11 is 1.32. The predicted octanol–water partition coefficient (Wildman–Crippen LogP) is 2.77. The number of primary amides is 1. The SMILES string of the molecule is CN(CCCc1ccccc1)CC(=O)Nc1ccccc1SCC(N)=O. The Morgan fingerprint density at radius 1 is 1.08 bits per heavy atom. The third-order valence-corrected chi connectivity index (χ3v) is 4.89. The van der Waals surface area contributed by atoms with Crippen molar-refractivity contribution in [3.8, 4) is 0 Å². The maximum Gasteiger partial charge on any atom is 0.238 e. The van der Waals surface area contributed by atoms with Gasteiger partial charge in [0.15, 0.2) is 0 Å². The largest absolute Gasteiger partial charge is 0.369 e. The fourth-order valence-electron chi connectivity index (χ4n) is 2.56. The van der Waals surface area contributed by atoms with Crippen LogP contribution in [0, 0.1) is 0 Å². The third-order valence-electron chi connectivity index (χ3n) is 3.79. The van der Waals surface area contributed by atoms with Gasteiger partial charge in [-0.2, -0.15) is 0 Å². The van der Waals surface area contributed by atoms with Crippen LogP contribution in [-0.2, 0) is 16.0 Å². The van der Waals surface area contributed by atoms with Crippen molar-refractivity contribution >= 4 is 29.3 Å². The molecule has 0 aliphatic heterocycles. The van der Waals surface area contributed by atoms with E-state index in [9.17, 15) is 9.59 Å². The quantitative estimate of drug-likeness (QED) is 0.630. The van der Waals surface area contributed by atoms with Crippen LogP contribution in [0.3, 0.4) is 0 Å². The Morgan fingerprint density at radius 3 is 2.50 bits per heavy atom. The number of nitrogens with one attached hydrogen (secondary N) is 1. The second-order valence-electron chi connectivity index (χ2n) is 6.13. The number of amides is 2. The lowest BCUT2D eigenvalue weighted by Gasteiger charge is -2.17. The van der Waals surface area contributed by atoms with E-state index in [0.717, 1.165) is 24.3 Å². The Hall–Kier alpha value is -2.31. The molecule has 0 heterocycles. The number of anilines is 1. The first kappa shape index (κ1) is 20.0. The zero-order valence-corrected chi connectivity index (χ0v) is 15.8. The molecule has 0 fully saturated rings. The highest BCUT2D eigenvalue weighted by Crippen LogP contribution is 2.26. The minimum absolute atomic E-state index is 0.0701. The van der Waals surface area contributed by atoms with Gasteiger partial charge in [-0.05, 0) is 44.1 Å². The number of carbonyl (C=O) groups is 2. The van der Waals surface area contributed by atoms with Crippen LogP contribution in [0.1, 0.15) is 12.0 Å². The van der Waals surface area contributed by atoms with Gasteiger partial charge in [0.25, 0.3) is 0 Å². The lowest BCUT2D eigenvalue weighted by molar-refractivity contribution is -0.117. The summed E-state index contributed by atoms with van der Waals surface area (Å²) in [6.45, 7) is 1.17. The molecule has 0 saturated carbocycles. The van der Waals surface area contributed by atoms with E-state index in [1.807, 2.05) is 54.4 Å². The van der Waals surface area contributed by atoms with Crippen molar-refractivity contribution in [1.29, 1.82) is 0 Å². The van der Waals surface area contributed by atoms with Gasteiger partial charge in [-0.15, -0.1) is 11.8 Å². The molecule has 26 heavy (non-hydrogen) atoms. The van der Waals surface area contributed by atoms with Crippen LogP contribution in [0.15, 0.2) is 59.5 Å². The van der Waals surface area contributed by atoms with Crippen molar-refractivity contribution in [2.75, 3.05) is 31.2 Å². The molecule has 5 nitrogen and oxygen atoms in total. The molecule has 0 aliphatic rings. The molecular weight excluding hydrogens is 346 g/mol. The van der Waals surface area contributed by atoms with Crippen LogP contribution in [0.5, 0.6) is 0 Å². The summed E-state index contributed by atoms with van der Waals surface area (Å²) in [6.07, 6.45) is 2.00. The Kier molecular flexibility index (Phi) is 8.18. The number of nitrogens with zero attached hydrogens (tertiary/aromatic N) is 1. The van der Waals surface area contributed by atoms with Crippen molar-refractivity contribution in [2.24, 2.45) is 5.73 Å². The van der Waals surface area contributed by atoms with Gasteiger partial charge < -0.3 is 11.1 Å². The Labute approximate surface area is 159 Å². The fraction of sp³-hybridized carbons (Fsp3) is 0.300. The summed E-state index contributed by atoms with van der Waals surface area (Å²) in [5.74, 6) is -0.264. The van der Waals surface area contributed by atoms with E-state index in [1.54, 1.807) is 0 Å². The molecule has 0 radical (unpaired) electrons. The molecule has 2 rings (SSSR count). The molecule has 6 heteroatoms. The van der Waals surface area contributed by atoms with E-state index in [0.29, 0.717) is 12.2 Å². The molecule has 138 valence electrons. The summed E-state index contributed by atoms with van der Waals surface area (Å²) in [4.78, 5) is 26.1. The Morgan fingerprint density at radius 2 is 1.77 bits per heavy atom. The van der Waals surface area contributed by atoms with Crippen molar-refractivity contribution in [3.05, 3.63) is 60.2 Å². The minimum Gasteiger partial charge on any atom is -0.369 e. The van der Waals surface area contributed by atoms with E-state index in [-0.39, 0.29) is 17.6 Å². The van der Waals surface area contributed by atoms with Gasteiger partial charge in [0.2, 0.25) is 11.8 Å². The summed E-state index contributed by atoms with van der Waals surface area (Å²) in [7, 11) is 1.94. The van der Waals surface area contributed by atoms with Crippen LogP contribution in [-0.4, -0.2) is 42.6 Å². The highest BCUT2D eigenvalue weighted by molar-refractivity contribution is 8.00. The third kappa shape index (κ3) is 7.29. The molecule has 2 amide bonds. The smallest absolute Gasteiger partial charge is 0.238 e. The van der Waals surface area contributed by atoms with Gasteiger partial charge in [-0.1, -0.05) is 42.5 Å². The first-order valence-corrected chi connectivity index (χ1v) is 9.55. The van der Waals surface area contributed by atoms with E-state index in [4.69, 9.17) is 5.73 Å². The van der Waals surface area contributed by atoms with Crippen molar-refractivity contribution in [1.82, 2.24) is 4.90 Å². The summed E-state index contributed by atoms with van der Waals surface area (Å²) in [5.41, 5.74) is 7.21. The van der Waals surface area contributed by atoms with Crippen LogP contribution in [0.2, 0.25) is 0 Å². The molecule has 2 aromatic rings. The van der Waals surface area contributed by atoms with Crippen LogP contribution < -0.4 is 11.1 Å². The van der Waals surface area contributed by atoms with Gasteiger partial charge in [0.05, 0.1) is 18.0 Å². The number of hydrogen-bond acceptors (Lipinski definition) is 4. The second kappa shape index (κ2) is 10.6. The molecule has 0 aliphatic carbocycles. The van der Waals surface area contributed by atoms with Crippen molar-refractivity contribution in [2.45, 2.75) is 17.7 Å². The molecule has 0 saturated heterocycles. The highest BCUT2D eigenvalue weighted by atomic mass is 32.2. The average Bonchev–Trinajstić information content (AvgIpc) is 2.61. The number of carbonyl (C=O) groups excluding carboxylic acids is 2. The summed E-state index contributed by atoms with van der Waals surface area (Å²) in [6, 6.07) is 17.8. The number of nitrogens with two attached hydrogens (primary N) is 1. The topological polar surface area (TPSA) is 75.4 Å². The Bertz CT molecular complexity index is 722. The van der Waals surface area contributed by atoms with Gasteiger partial charge in [-0.25, -0.2) is 0 Å². The van der Waals surface area contributed by atoms with Crippen LogP contribution in [0.25, 0.3) is 0 Å². The number of para-hydroxylation sites is 1. The minimum atomic E-state index is -0.380. The van der Waals surface area contributed by atoms with E-state index < -0.39 is 0 Å². The number of thioether (sulfide) groups is 1. The van der Waals surface area contributed by atoms with Crippen LogP contribution in [0.4, 0.5) is 5.69 Å². The maximum absolute atomic E-state index is 12.3. The molecule has 3 N–H and O–H groups in total. The van der Waals surface area contributed by atoms with Crippen LogP contribution >= 0.6 is 11.8 Å². The zero-order valence-electron chi connectivity index (χ0n) is 15.0. The molecule has 0 aromatic heterocycles. The van der Waals surface area contributed by atoms with E-state index in [1.165, 1.54) is 17.3 Å². The fourth-order valence-corrected chi connectivity index (χ4v) is 3.30. The molecule has 0 atom stereocenters. The number of rotatable bonds is 10. The zero-order chi connectivity index (χ0) is 18.8. The average molecular weight is 372 g/mol. The lowest BCUT2D eigenvalue weighted by atomic mass is 10.1. The number of likely N-dealkylation sites (N-methyl/N-ethyl adjacent to an activating group) is 1. The highest BCUT2D eigenvalue weighted by Gasteiger charge is 2.10. The van der Waals surface area contributed by atoms with Gasteiger partial charge in [0.1, 0.15) is 0 Å². The standard InChI is InChI=1S/C20H25N3O2S/c1-23(13-7-10-16-8-3-2-4-9-16)14-20(25)22-17-11-5-6-12-18(17)26-15-19(21)24/h2-6,8-9,11-12H,7,10,13-15H2,1H3,(H2,21,24)(H,22,25). The molecule has 0 unspecified atom stereocenters. The van der Waals surface area contributed by atoms with Gasteiger partial charge in [0, 0.05) is 4.90 Å². The van der Waals surface area contributed by atoms with E-state index >= 15 is 0 Å². The number of hydrogen-bond donors (Lipinski definition) is 2. The second-order valence-corrected chi connectivity index (χ2v) is 7.14. The first-order chi connectivity index (χ1) is 12.5. The van der Waals surface area contributed by atoms with Gasteiger partial charge >= 0.3 is 0 Å². The predicted molar refractivity (Wildman–Crippen MR) is 107 cm³/mol. The Balaban J connectivity index is 1.78. The number of benzene rings is 2. The van der Waals surface area contributed by atoms with E-state index in [2.05, 4.69) is 17.4 Å². The van der Waals surface area contributed by atoms with Crippen molar-refractivity contribution < 1.29 is 9.59 Å². The molecular formula is C20H25N3O2S.